The molecule has 0 aliphatic carbocycles. The Labute approximate surface area is 166 Å². The van der Waals surface area contributed by atoms with Gasteiger partial charge in [-0.25, -0.2) is 5.01 Å². The molecule has 2 aromatic carbocycles. The van der Waals surface area contributed by atoms with E-state index in [1.165, 1.54) is 36.0 Å². The Bertz CT molecular complexity index is 986. The predicted molar refractivity (Wildman–Crippen MR) is 112 cm³/mol. The number of carbonyl (C=O) groups excluding carboxylic acids is 1. The minimum atomic E-state index is 0.192. The van der Waals surface area contributed by atoms with Crippen molar-refractivity contribution in [2.45, 2.75) is 38.6 Å². The zero-order chi connectivity index (χ0) is 18.9. The van der Waals surface area contributed by atoms with E-state index >= 15 is 0 Å². The number of aryl methyl sites for hydroxylation is 2. The number of hydrogen-bond acceptors (Lipinski definition) is 2. The number of rotatable bonds is 4. The molecule has 28 heavy (non-hydrogen) atoms. The molecule has 5 rings (SSSR count). The largest absolute Gasteiger partial charge is 0.343 e. The van der Waals surface area contributed by atoms with Crippen molar-refractivity contribution in [1.29, 1.82) is 0 Å². The highest BCUT2D eigenvalue weighted by atomic mass is 16.2. The van der Waals surface area contributed by atoms with Crippen LogP contribution in [-0.2, 0) is 19.4 Å². The lowest BCUT2D eigenvalue weighted by Crippen LogP contribution is -2.51. The van der Waals surface area contributed by atoms with Crippen LogP contribution in [0.5, 0.6) is 0 Å². The summed E-state index contributed by atoms with van der Waals surface area (Å²) in [7, 11) is 0. The van der Waals surface area contributed by atoms with Gasteiger partial charge in [0.25, 0.3) is 5.91 Å². The van der Waals surface area contributed by atoms with Crippen molar-refractivity contribution in [1.82, 2.24) is 14.6 Å². The van der Waals surface area contributed by atoms with E-state index in [0.29, 0.717) is 0 Å². The molecule has 3 heterocycles. The number of hydrogen-bond donors (Lipinski definition) is 0. The van der Waals surface area contributed by atoms with Gasteiger partial charge >= 0.3 is 0 Å². The van der Waals surface area contributed by atoms with Crippen LogP contribution in [0.3, 0.4) is 0 Å². The smallest absolute Gasteiger partial charge is 0.270 e. The third-order valence-electron chi connectivity index (χ3n) is 6.23. The van der Waals surface area contributed by atoms with Gasteiger partial charge in [-0.05, 0) is 30.9 Å². The minimum absolute atomic E-state index is 0.192. The topological polar surface area (TPSA) is 28.5 Å². The van der Waals surface area contributed by atoms with E-state index in [1.54, 1.807) is 0 Å². The van der Waals surface area contributed by atoms with E-state index in [0.717, 1.165) is 50.0 Å². The first-order valence-corrected chi connectivity index (χ1v) is 10.5. The summed E-state index contributed by atoms with van der Waals surface area (Å²) in [5.41, 5.74) is 4.68. The predicted octanol–water partition coefficient (Wildman–Crippen LogP) is 4.28. The van der Waals surface area contributed by atoms with Gasteiger partial charge in [0, 0.05) is 49.2 Å². The second-order valence-corrected chi connectivity index (χ2v) is 7.92. The molecule has 0 atom stereocenters. The Morgan fingerprint density at radius 1 is 0.821 bits per heavy atom. The van der Waals surface area contributed by atoms with Gasteiger partial charge in [-0.2, -0.15) is 0 Å². The van der Waals surface area contributed by atoms with Gasteiger partial charge in [-0.15, -0.1) is 0 Å². The lowest BCUT2D eigenvalue weighted by atomic mass is 10.0. The maximum atomic E-state index is 13.5. The van der Waals surface area contributed by atoms with Gasteiger partial charge in [-0.3, -0.25) is 9.80 Å². The van der Waals surface area contributed by atoms with E-state index in [1.807, 2.05) is 5.01 Å². The number of hydrazine groups is 1. The first kappa shape index (κ1) is 17.5. The zero-order valence-electron chi connectivity index (χ0n) is 16.3. The zero-order valence-corrected chi connectivity index (χ0v) is 16.3. The molecule has 0 spiro atoms. The first-order valence-electron chi connectivity index (χ1n) is 10.5. The fourth-order valence-electron chi connectivity index (χ4n) is 4.83. The summed E-state index contributed by atoms with van der Waals surface area (Å²) in [4.78, 5) is 13.5. The highest BCUT2D eigenvalue weighted by Crippen LogP contribution is 2.32. The average Bonchev–Trinajstić information content (AvgIpc) is 3.08. The van der Waals surface area contributed by atoms with Crippen molar-refractivity contribution in [3.05, 3.63) is 71.4 Å². The molecule has 4 nitrogen and oxygen atoms in total. The van der Waals surface area contributed by atoms with Crippen LogP contribution in [0.2, 0.25) is 0 Å². The van der Waals surface area contributed by atoms with Gasteiger partial charge < -0.3 is 4.57 Å². The maximum Gasteiger partial charge on any atom is 0.270 e. The third-order valence-corrected chi connectivity index (χ3v) is 6.23. The molecule has 2 aliphatic rings. The highest BCUT2D eigenvalue weighted by molar-refractivity contribution is 6.09. The van der Waals surface area contributed by atoms with E-state index in [2.05, 4.69) is 64.2 Å². The Morgan fingerprint density at radius 3 is 2.39 bits per heavy atom. The van der Waals surface area contributed by atoms with Gasteiger partial charge in [0.05, 0.1) is 5.56 Å². The molecule has 1 saturated heterocycles. The second kappa shape index (κ2) is 7.44. The molecule has 0 saturated carbocycles. The molecule has 1 amide bonds. The Morgan fingerprint density at radius 2 is 1.57 bits per heavy atom. The van der Waals surface area contributed by atoms with Crippen molar-refractivity contribution < 1.29 is 4.79 Å². The number of amides is 1. The van der Waals surface area contributed by atoms with Gasteiger partial charge in [0.2, 0.25) is 0 Å². The van der Waals surface area contributed by atoms with Crippen molar-refractivity contribution in [3.8, 4) is 0 Å². The number of nitrogens with zero attached hydrogens (tertiary/aromatic N) is 3. The van der Waals surface area contributed by atoms with Crippen LogP contribution in [0.25, 0.3) is 10.9 Å². The quantitative estimate of drug-likeness (QED) is 0.683. The molecule has 0 N–H and O–H groups in total. The van der Waals surface area contributed by atoms with Crippen LogP contribution >= 0.6 is 0 Å². The van der Waals surface area contributed by atoms with Crippen LogP contribution in [-0.4, -0.2) is 40.1 Å². The lowest BCUT2D eigenvalue weighted by molar-refractivity contribution is -0.0236. The molecule has 2 aliphatic heterocycles. The highest BCUT2D eigenvalue weighted by Gasteiger charge is 2.33. The van der Waals surface area contributed by atoms with Crippen molar-refractivity contribution in [2.24, 2.45) is 0 Å². The molecule has 1 fully saturated rings. The fourth-order valence-corrected chi connectivity index (χ4v) is 4.83. The summed E-state index contributed by atoms with van der Waals surface area (Å²) in [5.74, 6) is 0.192. The van der Waals surface area contributed by atoms with Crippen molar-refractivity contribution in [3.63, 3.8) is 0 Å². The first-order chi connectivity index (χ1) is 13.8. The molecule has 0 bridgehead atoms. The molecule has 144 valence electrons. The van der Waals surface area contributed by atoms with Crippen molar-refractivity contribution in [2.75, 3.05) is 19.6 Å². The summed E-state index contributed by atoms with van der Waals surface area (Å²) >= 11 is 0. The number of fused-ring (bicyclic) bond motifs is 3. The second-order valence-electron chi connectivity index (χ2n) is 7.92. The van der Waals surface area contributed by atoms with E-state index in [-0.39, 0.29) is 5.91 Å². The number of piperidine rings is 1. The molecule has 0 radical (unpaired) electrons. The van der Waals surface area contributed by atoms with Crippen LogP contribution in [0, 0.1) is 0 Å². The normalized spacial score (nSPS) is 17.9. The van der Waals surface area contributed by atoms with E-state index in [4.69, 9.17) is 0 Å². The van der Waals surface area contributed by atoms with Crippen LogP contribution in [0.4, 0.5) is 0 Å². The number of para-hydroxylation sites is 1. The van der Waals surface area contributed by atoms with Crippen molar-refractivity contribution >= 4 is 16.8 Å². The van der Waals surface area contributed by atoms with Gasteiger partial charge in [0.15, 0.2) is 0 Å². The fraction of sp³-hybridized carbons (Fsp3) is 0.375. The molecule has 4 heteroatoms. The Kier molecular flexibility index (Phi) is 4.65. The lowest BCUT2D eigenvalue weighted by Gasteiger charge is -2.39. The number of benzene rings is 2. The van der Waals surface area contributed by atoms with E-state index < -0.39 is 0 Å². The number of aromatic nitrogens is 1. The van der Waals surface area contributed by atoms with Gasteiger partial charge in [-0.1, -0.05) is 55.0 Å². The summed E-state index contributed by atoms with van der Waals surface area (Å²) in [5, 5.41) is 5.41. The summed E-state index contributed by atoms with van der Waals surface area (Å²) in [6.45, 7) is 3.73. The standard InChI is InChI=1S/C24H27N3O/c28-24-23-20-11-5-6-12-21(20)26(17-13-19-9-3-1-4-10-19)22(23)14-18-27(24)25-15-7-2-8-16-25/h1,3-6,9-12H,2,7-8,13-18H2. The third kappa shape index (κ3) is 3.02. The Balaban J connectivity index is 1.51. The molecule has 3 aromatic rings. The van der Waals surface area contributed by atoms with Crippen LogP contribution in [0.1, 0.15) is 40.9 Å². The minimum Gasteiger partial charge on any atom is -0.343 e. The van der Waals surface area contributed by atoms with Crippen LogP contribution in [0.15, 0.2) is 54.6 Å². The van der Waals surface area contributed by atoms with Crippen LogP contribution < -0.4 is 0 Å². The maximum absolute atomic E-state index is 13.5. The number of carbonyl (C=O) groups is 1. The van der Waals surface area contributed by atoms with Gasteiger partial charge in [0.1, 0.15) is 0 Å². The average molecular weight is 374 g/mol. The summed E-state index contributed by atoms with van der Waals surface area (Å²) in [6.07, 6.45) is 5.57. The SMILES string of the molecule is O=C1c2c(n(CCc3ccccc3)c3ccccc23)CCN1N1CCCCC1. The van der Waals surface area contributed by atoms with E-state index in [9.17, 15) is 4.79 Å². The molecular formula is C24H27N3O. The molecule has 0 unspecified atom stereocenters. The summed E-state index contributed by atoms with van der Waals surface area (Å²) in [6, 6.07) is 19.0. The Hall–Kier alpha value is -2.59. The molecular weight excluding hydrogens is 346 g/mol. The molecule has 1 aromatic heterocycles. The monoisotopic (exact) mass is 373 g/mol. The summed E-state index contributed by atoms with van der Waals surface area (Å²) < 4.78 is 2.39.